The quantitative estimate of drug-likeness (QED) is 0.0825. The summed E-state index contributed by atoms with van der Waals surface area (Å²) in [4.78, 5) is 39.8. The van der Waals surface area contributed by atoms with Gasteiger partial charge in [0.05, 0.1) is 11.9 Å². The van der Waals surface area contributed by atoms with Crippen molar-refractivity contribution in [2.24, 2.45) is 0 Å². The molecular formula is C35H34FN3O4S. The minimum absolute atomic E-state index is 0.128. The molecule has 0 aliphatic rings. The number of carbonyl (C=O) groups is 3. The van der Waals surface area contributed by atoms with Crippen molar-refractivity contribution in [1.29, 1.82) is 0 Å². The fourth-order valence-corrected chi connectivity index (χ4v) is 4.93. The predicted octanol–water partition coefficient (Wildman–Crippen LogP) is 7.53. The Bertz CT molecular complexity index is 1610. The minimum Gasteiger partial charge on any atom is -0.494 e. The normalized spacial score (nSPS) is 11.8. The van der Waals surface area contributed by atoms with Crippen molar-refractivity contribution in [2.75, 3.05) is 17.2 Å². The summed E-state index contributed by atoms with van der Waals surface area (Å²) in [6, 6.07) is 28.6. The van der Waals surface area contributed by atoms with Gasteiger partial charge in [-0.15, -0.1) is 11.8 Å². The number of carbonyl (C=O) groups excluding carboxylic acids is 3. The van der Waals surface area contributed by atoms with Crippen LogP contribution in [0.4, 0.5) is 15.8 Å². The number of thioether (sulfide) groups is 1. The van der Waals surface area contributed by atoms with Crippen LogP contribution in [0.1, 0.15) is 42.6 Å². The molecule has 0 bridgehead atoms. The maximum atomic E-state index is 14.4. The second kappa shape index (κ2) is 16.1. The molecule has 4 aromatic rings. The molecule has 0 fully saturated rings. The summed E-state index contributed by atoms with van der Waals surface area (Å²) in [5, 5.41) is 7.85. The van der Waals surface area contributed by atoms with Crippen LogP contribution in [0.3, 0.4) is 0 Å². The summed E-state index contributed by atoms with van der Waals surface area (Å²) in [7, 11) is 0. The molecule has 0 saturated heterocycles. The highest BCUT2D eigenvalue weighted by molar-refractivity contribution is 8.00. The van der Waals surface area contributed by atoms with E-state index in [1.807, 2.05) is 18.2 Å². The summed E-state index contributed by atoms with van der Waals surface area (Å²) >= 11 is 1.33. The van der Waals surface area contributed by atoms with Gasteiger partial charge in [0, 0.05) is 27.4 Å². The number of amides is 3. The number of unbranched alkanes of at least 4 members (excludes halogenated alkanes) is 1. The van der Waals surface area contributed by atoms with Crippen LogP contribution >= 0.6 is 11.8 Å². The zero-order chi connectivity index (χ0) is 31.3. The molecule has 0 aromatic heterocycles. The summed E-state index contributed by atoms with van der Waals surface area (Å²) in [6.45, 7) is 4.55. The van der Waals surface area contributed by atoms with E-state index in [0.717, 1.165) is 23.5 Å². The standard InChI is InChI=1S/C35H34FN3O4S/c1-3-4-21-43-29-19-17-27(18-20-29)37-33(40)24(2)44-30-15-10-14-28(23-30)38-35(42)32(22-26-13-8-9-16-31(26)36)39-34(41)25-11-6-5-7-12-25/h5-20,22-24H,3-4,21H2,1-2H3,(H,37,40)(H,38,42)(H,39,41)/b32-22-. The number of hydrogen-bond acceptors (Lipinski definition) is 5. The average molecular weight is 612 g/mol. The first-order valence-electron chi connectivity index (χ1n) is 14.3. The van der Waals surface area contributed by atoms with Crippen molar-refractivity contribution in [2.45, 2.75) is 36.8 Å². The van der Waals surface area contributed by atoms with Crippen molar-refractivity contribution in [3.05, 3.63) is 126 Å². The van der Waals surface area contributed by atoms with Crippen LogP contribution in [0.15, 0.2) is 114 Å². The van der Waals surface area contributed by atoms with Gasteiger partial charge in [-0.3, -0.25) is 14.4 Å². The van der Waals surface area contributed by atoms with Gasteiger partial charge >= 0.3 is 0 Å². The number of benzene rings is 4. The third kappa shape index (κ3) is 9.57. The Kier molecular flexibility index (Phi) is 11.7. The number of ether oxygens (including phenoxy) is 1. The van der Waals surface area contributed by atoms with Crippen LogP contribution in [0.2, 0.25) is 0 Å². The van der Waals surface area contributed by atoms with Gasteiger partial charge in [-0.1, -0.05) is 55.8 Å². The molecule has 9 heteroatoms. The van der Waals surface area contributed by atoms with Gasteiger partial charge in [-0.2, -0.15) is 0 Å². The molecule has 3 amide bonds. The lowest BCUT2D eigenvalue weighted by Gasteiger charge is -2.14. The van der Waals surface area contributed by atoms with E-state index < -0.39 is 22.9 Å². The molecule has 4 aromatic carbocycles. The molecule has 0 aliphatic heterocycles. The summed E-state index contributed by atoms with van der Waals surface area (Å²) in [5.41, 5.74) is 1.48. The molecule has 1 atom stereocenters. The lowest BCUT2D eigenvalue weighted by atomic mass is 10.1. The molecule has 44 heavy (non-hydrogen) atoms. The van der Waals surface area contributed by atoms with Crippen LogP contribution in [0, 0.1) is 5.82 Å². The van der Waals surface area contributed by atoms with E-state index in [9.17, 15) is 18.8 Å². The van der Waals surface area contributed by atoms with E-state index in [4.69, 9.17) is 4.74 Å². The Labute approximate surface area is 260 Å². The maximum absolute atomic E-state index is 14.4. The molecule has 7 nitrogen and oxygen atoms in total. The Balaban J connectivity index is 1.42. The van der Waals surface area contributed by atoms with Gasteiger partial charge in [0.15, 0.2) is 0 Å². The molecule has 226 valence electrons. The predicted molar refractivity (Wildman–Crippen MR) is 174 cm³/mol. The Morgan fingerprint density at radius 1 is 0.864 bits per heavy atom. The number of hydrogen-bond donors (Lipinski definition) is 3. The van der Waals surface area contributed by atoms with Crippen LogP contribution in [0.5, 0.6) is 5.75 Å². The Hall–Kier alpha value is -4.89. The molecular weight excluding hydrogens is 577 g/mol. The minimum atomic E-state index is -0.632. The molecule has 3 N–H and O–H groups in total. The van der Waals surface area contributed by atoms with E-state index in [1.54, 1.807) is 79.7 Å². The first-order valence-corrected chi connectivity index (χ1v) is 15.1. The maximum Gasteiger partial charge on any atom is 0.272 e. The summed E-state index contributed by atoms with van der Waals surface area (Å²) in [6.07, 6.45) is 3.33. The van der Waals surface area contributed by atoms with E-state index in [0.29, 0.717) is 23.5 Å². The zero-order valence-corrected chi connectivity index (χ0v) is 25.3. The lowest BCUT2D eigenvalue weighted by molar-refractivity contribution is -0.115. The molecule has 1 unspecified atom stereocenters. The van der Waals surface area contributed by atoms with Gasteiger partial charge < -0.3 is 20.7 Å². The fraction of sp³-hybridized carbons (Fsp3) is 0.171. The molecule has 0 aliphatic carbocycles. The lowest BCUT2D eigenvalue weighted by Crippen LogP contribution is -2.30. The smallest absolute Gasteiger partial charge is 0.272 e. The SMILES string of the molecule is CCCCOc1ccc(NC(=O)C(C)Sc2cccc(NC(=O)/C(=C/c3ccccc3F)NC(=O)c3ccccc3)c2)cc1. The molecule has 0 radical (unpaired) electrons. The van der Waals surface area contributed by atoms with Crippen molar-refractivity contribution < 1.29 is 23.5 Å². The monoisotopic (exact) mass is 611 g/mol. The van der Waals surface area contributed by atoms with E-state index in [2.05, 4.69) is 22.9 Å². The first-order chi connectivity index (χ1) is 21.3. The van der Waals surface area contributed by atoms with Gasteiger partial charge in [0.25, 0.3) is 11.8 Å². The molecule has 4 rings (SSSR count). The van der Waals surface area contributed by atoms with Crippen LogP contribution in [0.25, 0.3) is 6.08 Å². The second-order valence-corrected chi connectivity index (χ2v) is 11.3. The van der Waals surface area contributed by atoms with E-state index >= 15 is 0 Å². The third-order valence-corrected chi connectivity index (χ3v) is 7.49. The van der Waals surface area contributed by atoms with Crippen LogP contribution in [-0.2, 0) is 9.59 Å². The average Bonchev–Trinajstić information content (AvgIpc) is 3.03. The van der Waals surface area contributed by atoms with Crippen molar-refractivity contribution in [1.82, 2.24) is 5.32 Å². The third-order valence-electron chi connectivity index (χ3n) is 6.40. The van der Waals surface area contributed by atoms with Gasteiger partial charge in [0.1, 0.15) is 17.3 Å². The van der Waals surface area contributed by atoms with Crippen molar-refractivity contribution in [3.8, 4) is 5.75 Å². The van der Waals surface area contributed by atoms with Crippen molar-refractivity contribution in [3.63, 3.8) is 0 Å². The highest BCUT2D eigenvalue weighted by Gasteiger charge is 2.18. The van der Waals surface area contributed by atoms with Gasteiger partial charge in [-0.05, 0) is 80.1 Å². The largest absolute Gasteiger partial charge is 0.494 e. The Morgan fingerprint density at radius 2 is 1.59 bits per heavy atom. The topological polar surface area (TPSA) is 96.5 Å². The van der Waals surface area contributed by atoms with Gasteiger partial charge in [-0.25, -0.2) is 4.39 Å². The molecule has 0 heterocycles. The summed E-state index contributed by atoms with van der Waals surface area (Å²) < 4.78 is 20.1. The molecule has 0 spiro atoms. The number of rotatable bonds is 13. The van der Waals surface area contributed by atoms with Crippen LogP contribution < -0.4 is 20.7 Å². The van der Waals surface area contributed by atoms with Crippen LogP contribution in [-0.4, -0.2) is 29.6 Å². The highest BCUT2D eigenvalue weighted by Crippen LogP contribution is 2.27. The fourth-order valence-electron chi connectivity index (χ4n) is 4.01. The number of anilines is 2. The zero-order valence-electron chi connectivity index (χ0n) is 24.5. The van der Waals surface area contributed by atoms with Gasteiger partial charge in [0.2, 0.25) is 5.91 Å². The Morgan fingerprint density at radius 3 is 2.32 bits per heavy atom. The molecule has 0 saturated carbocycles. The van der Waals surface area contributed by atoms with E-state index in [-0.39, 0.29) is 17.2 Å². The number of halogens is 1. The van der Waals surface area contributed by atoms with E-state index in [1.165, 1.54) is 30.0 Å². The first kappa shape index (κ1) is 32.0. The second-order valence-electron chi connectivity index (χ2n) is 9.86. The number of nitrogens with one attached hydrogen (secondary N) is 3. The van der Waals surface area contributed by atoms with Crippen molar-refractivity contribution >= 4 is 46.9 Å². The summed E-state index contributed by atoms with van der Waals surface area (Å²) in [5.74, 6) is -1.10. The highest BCUT2D eigenvalue weighted by atomic mass is 32.2.